The molecule has 0 aliphatic carbocycles. The predicted molar refractivity (Wildman–Crippen MR) is 89.3 cm³/mol. The lowest BCUT2D eigenvalue weighted by atomic mass is 10.1. The van der Waals surface area contributed by atoms with Gasteiger partial charge in [-0.3, -0.25) is 0 Å². The highest BCUT2D eigenvalue weighted by Gasteiger charge is 2.01. The third-order valence-corrected chi connectivity index (χ3v) is 4.25. The highest BCUT2D eigenvalue weighted by atomic mass is 32.2. The molecule has 0 radical (unpaired) electrons. The Balaban J connectivity index is 1.96. The highest BCUT2D eigenvalue weighted by molar-refractivity contribution is 7.98. The molecule has 0 aliphatic rings. The average Bonchev–Trinajstić information content (AvgIpc) is 2.36. The molecule has 1 unspecified atom stereocenters. The zero-order valence-electron chi connectivity index (χ0n) is 12.5. The van der Waals surface area contributed by atoms with Crippen LogP contribution in [-0.2, 0) is 12.2 Å². The summed E-state index contributed by atoms with van der Waals surface area (Å²) in [5.41, 5.74) is 11.2. The molecule has 0 aromatic heterocycles. The highest BCUT2D eigenvalue weighted by Crippen LogP contribution is 2.24. The van der Waals surface area contributed by atoms with E-state index in [-0.39, 0.29) is 6.04 Å². The minimum Gasteiger partial charge on any atom is -0.328 e. The second kappa shape index (κ2) is 6.96. The lowest BCUT2D eigenvalue weighted by Gasteiger charge is -2.07. The molecular formula is C18H23NS. The molecule has 0 aliphatic heterocycles. The SMILES string of the molecule is Cc1cc(C)cc(CSc2ccc(CC(C)N)cc2)c1. The van der Waals surface area contributed by atoms with Gasteiger partial charge in [0.1, 0.15) is 0 Å². The van der Waals surface area contributed by atoms with Crippen LogP contribution in [0.25, 0.3) is 0 Å². The number of benzene rings is 2. The first-order valence-corrected chi connectivity index (χ1v) is 8.06. The van der Waals surface area contributed by atoms with Crippen molar-refractivity contribution in [3.8, 4) is 0 Å². The van der Waals surface area contributed by atoms with Crippen molar-refractivity contribution in [1.29, 1.82) is 0 Å². The minimum atomic E-state index is 0.226. The largest absolute Gasteiger partial charge is 0.328 e. The van der Waals surface area contributed by atoms with Gasteiger partial charge in [-0.2, -0.15) is 0 Å². The summed E-state index contributed by atoms with van der Waals surface area (Å²) in [6.45, 7) is 6.36. The van der Waals surface area contributed by atoms with Crippen LogP contribution in [0.5, 0.6) is 0 Å². The molecule has 2 heteroatoms. The van der Waals surface area contributed by atoms with E-state index in [1.807, 2.05) is 18.7 Å². The van der Waals surface area contributed by atoms with Crippen molar-refractivity contribution < 1.29 is 0 Å². The fourth-order valence-corrected chi connectivity index (χ4v) is 3.24. The number of hydrogen-bond donors (Lipinski definition) is 1. The molecule has 1 nitrogen and oxygen atoms in total. The molecule has 2 aromatic rings. The normalized spacial score (nSPS) is 12.4. The summed E-state index contributed by atoms with van der Waals surface area (Å²) in [6.07, 6.45) is 0.946. The molecule has 0 saturated carbocycles. The molecule has 0 heterocycles. The van der Waals surface area contributed by atoms with E-state index in [1.165, 1.54) is 27.1 Å². The number of aryl methyl sites for hydroxylation is 2. The zero-order chi connectivity index (χ0) is 14.5. The van der Waals surface area contributed by atoms with Gasteiger partial charge in [0, 0.05) is 16.7 Å². The number of hydrogen-bond acceptors (Lipinski definition) is 2. The molecule has 0 saturated heterocycles. The predicted octanol–water partition coefficient (Wildman–Crippen LogP) is 4.49. The molecule has 2 rings (SSSR count). The van der Waals surface area contributed by atoms with Crippen LogP contribution in [0, 0.1) is 13.8 Å². The van der Waals surface area contributed by atoms with E-state index in [0.717, 1.165) is 12.2 Å². The van der Waals surface area contributed by atoms with E-state index >= 15 is 0 Å². The molecule has 0 amide bonds. The van der Waals surface area contributed by atoms with Crippen LogP contribution in [0.4, 0.5) is 0 Å². The van der Waals surface area contributed by atoms with Crippen LogP contribution in [0.2, 0.25) is 0 Å². The standard InChI is InChI=1S/C18H23NS/c1-13-8-14(2)10-17(9-13)12-20-18-6-4-16(5-7-18)11-15(3)19/h4-10,15H,11-12,19H2,1-3H3. The minimum absolute atomic E-state index is 0.226. The zero-order valence-corrected chi connectivity index (χ0v) is 13.3. The van der Waals surface area contributed by atoms with Gasteiger partial charge in [-0.1, -0.05) is 41.5 Å². The van der Waals surface area contributed by atoms with Crippen molar-refractivity contribution in [3.05, 3.63) is 64.7 Å². The van der Waals surface area contributed by atoms with Crippen molar-refractivity contribution in [1.82, 2.24) is 0 Å². The molecule has 0 spiro atoms. The fraction of sp³-hybridized carbons (Fsp3) is 0.333. The van der Waals surface area contributed by atoms with Gasteiger partial charge in [0.05, 0.1) is 0 Å². The van der Waals surface area contributed by atoms with E-state index in [9.17, 15) is 0 Å². The van der Waals surface area contributed by atoms with E-state index in [2.05, 4.69) is 56.3 Å². The molecule has 0 bridgehead atoms. The molecule has 106 valence electrons. The van der Waals surface area contributed by atoms with Crippen molar-refractivity contribution >= 4 is 11.8 Å². The van der Waals surface area contributed by atoms with Crippen molar-refractivity contribution in [2.75, 3.05) is 0 Å². The van der Waals surface area contributed by atoms with Crippen LogP contribution in [0.1, 0.15) is 29.2 Å². The summed E-state index contributed by atoms with van der Waals surface area (Å²) in [4.78, 5) is 1.32. The Labute approximate surface area is 126 Å². The Morgan fingerprint density at radius 1 is 0.950 bits per heavy atom. The van der Waals surface area contributed by atoms with Crippen LogP contribution in [-0.4, -0.2) is 6.04 Å². The first kappa shape index (κ1) is 15.1. The number of rotatable bonds is 5. The van der Waals surface area contributed by atoms with E-state index in [4.69, 9.17) is 5.73 Å². The Kier molecular flexibility index (Phi) is 5.27. The second-order valence-electron chi connectivity index (χ2n) is 5.61. The molecule has 2 aromatic carbocycles. The Bertz CT molecular complexity index is 538. The summed E-state index contributed by atoms with van der Waals surface area (Å²) in [5.74, 6) is 1.02. The molecule has 2 N–H and O–H groups in total. The third-order valence-electron chi connectivity index (χ3n) is 3.17. The van der Waals surface area contributed by atoms with Gasteiger partial charge in [-0.25, -0.2) is 0 Å². The maximum atomic E-state index is 5.82. The summed E-state index contributed by atoms with van der Waals surface area (Å²) >= 11 is 1.89. The van der Waals surface area contributed by atoms with Crippen LogP contribution >= 0.6 is 11.8 Å². The van der Waals surface area contributed by atoms with Gasteiger partial charge >= 0.3 is 0 Å². The summed E-state index contributed by atoms with van der Waals surface area (Å²) in [5, 5.41) is 0. The van der Waals surface area contributed by atoms with Gasteiger partial charge in [-0.15, -0.1) is 11.8 Å². The first-order valence-electron chi connectivity index (χ1n) is 7.07. The summed E-state index contributed by atoms with van der Waals surface area (Å²) < 4.78 is 0. The van der Waals surface area contributed by atoms with E-state index < -0.39 is 0 Å². The first-order chi connectivity index (χ1) is 9.52. The quantitative estimate of drug-likeness (QED) is 0.819. The van der Waals surface area contributed by atoms with Gasteiger partial charge in [0.25, 0.3) is 0 Å². The van der Waals surface area contributed by atoms with E-state index in [0.29, 0.717) is 0 Å². The molecule has 0 fully saturated rings. The lowest BCUT2D eigenvalue weighted by molar-refractivity contribution is 0.737. The van der Waals surface area contributed by atoms with Gasteiger partial charge < -0.3 is 5.73 Å². The van der Waals surface area contributed by atoms with Crippen molar-refractivity contribution in [2.24, 2.45) is 5.73 Å². The van der Waals surface area contributed by atoms with Crippen molar-refractivity contribution in [3.63, 3.8) is 0 Å². The Morgan fingerprint density at radius 3 is 2.10 bits per heavy atom. The van der Waals surface area contributed by atoms with Crippen LogP contribution in [0.15, 0.2) is 47.4 Å². The molecule has 20 heavy (non-hydrogen) atoms. The van der Waals surface area contributed by atoms with E-state index in [1.54, 1.807) is 0 Å². The van der Waals surface area contributed by atoms with Gasteiger partial charge in [-0.05, 0) is 50.5 Å². The van der Waals surface area contributed by atoms with Gasteiger partial charge in [0.15, 0.2) is 0 Å². The number of thioether (sulfide) groups is 1. The lowest BCUT2D eigenvalue weighted by Crippen LogP contribution is -2.17. The number of nitrogens with two attached hydrogens (primary N) is 1. The van der Waals surface area contributed by atoms with Crippen molar-refractivity contribution in [2.45, 2.75) is 43.9 Å². The second-order valence-corrected chi connectivity index (χ2v) is 6.66. The van der Waals surface area contributed by atoms with Crippen LogP contribution < -0.4 is 5.73 Å². The maximum Gasteiger partial charge on any atom is 0.0232 e. The average molecular weight is 285 g/mol. The smallest absolute Gasteiger partial charge is 0.0232 e. The maximum absolute atomic E-state index is 5.82. The Hall–Kier alpha value is -1.25. The summed E-state index contributed by atoms with van der Waals surface area (Å²) in [7, 11) is 0. The monoisotopic (exact) mass is 285 g/mol. The molecule has 1 atom stereocenters. The molecular weight excluding hydrogens is 262 g/mol. The van der Waals surface area contributed by atoms with Crippen LogP contribution in [0.3, 0.4) is 0 Å². The topological polar surface area (TPSA) is 26.0 Å². The van der Waals surface area contributed by atoms with Gasteiger partial charge in [0.2, 0.25) is 0 Å². The fourth-order valence-electron chi connectivity index (χ4n) is 2.41. The third kappa shape index (κ3) is 4.69. The Morgan fingerprint density at radius 2 is 1.55 bits per heavy atom. The summed E-state index contributed by atoms with van der Waals surface area (Å²) in [6, 6.07) is 15.8.